The number of hydrogen-bond acceptors (Lipinski definition) is 3. The van der Waals surface area contributed by atoms with Crippen molar-refractivity contribution >= 4 is 11.9 Å². The van der Waals surface area contributed by atoms with Crippen molar-refractivity contribution in [3.63, 3.8) is 0 Å². The lowest BCUT2D eigenvalue weighted by molar-refractivity contribution is -0.144. The third-order valence-electron chi connectivity index (χ3n) is 16.2. The van der Waals surface area contributed by atoms with E-state index >= 15 is 0 Å². The smallest absolute Gasteiger partial charge is 0.306 e. The van der Waals surface area contributed by atoms with Gasteiger partial charge in [0.05, 0.1) is 12.5 Å². The number of carbonyl (C=O) groups is 2. The molecular weight excluding hydrogens is 929 g/mol. The van der Waals surface area contributed by atoms with Crippen LogP contribution in [0.25, 0.3) is 0 Å². The van der Waals surface area contributed by atoms with Crippen LogP contribution in [0.4, 0.5) is 0 Å². The Morgan fingerprint density at radius 1 is 0.289 bits per heavy atom. The number of carbonyl (C=O) groups excluding carboxylic acids is 1. The van der Waals surface area contributed by atoms with Gasteiger partial charge in [0, 0.05) is 6.42 Å². The Morgan fingerprint density at radius 2 is 0.500 bits per heavy atom. The van der Waals surface area contributed by atoms with Gasteiger partial charge in [0.1, 0.15) is 0 Å². The summed E-state index contributed by atoms with van der Waals surface area (Å²) >= 11 is 0. The molecule has 0 amide bonds. The summed E-state index contributed by atoms with van der Waals surface area (Å²) in [6.45, 7) is 9.75. The second-order valence-corrected chi connectivity index (χ2v) is 24.0. The van der Waals surface area contributed by atoms with Crippen molar-refractivity contribution in [2.75, 3.05) is 6.61 Å². The molecule has 76 heavy (non-hydrogen) atoms. The van der Waals surface area contributed by atoms with E-state index in [1.807, 2.05) is 0 Å². The van der Waals surface area contributed by atoms with E-state index < -0.39 is 5.97 Å². The van der Waals surface area contributed by atoms with Gasteiger partial charge in [-0.05, 0) is 77.0 Å². The zero-order valence-corrected chi connectivity index (χ0v) is 52.7. The molecule has 0 aromatic rings. The summed E-state index contributed by atoms with van der Waals surface area (Å²) in [4.78, 5) is 23.5. The van der Waals surface area contributed by atoms with Gasteiger partial charge in [-0.2, -0.15) is 0 Å². The van der Waals surface area contributed by atoms with E-state index in [1.165, 1.54) is 340 Å². The Kier molecular flexibility index (Phi) is 71.9. The molecule has 0 aromatic carbocycles. The number of aliphatic carboxylic acids is 1. The number of carboxylic acid groups (broad SMARTS) is 1. The molecule has 1 N–H and O–H groups in total. The highest BCUT2D eigenvalue weighted by Crippen LogP contribution is 2.21. The third kappa shape index (κ3) is 70.4. The van der Waals surface area contributed by atoms with Crippen LogP contribution < -0.4 is 0 Å². The van der Waals surface area contributed by atoms with Gasteiger partial charge >= 0.3 is 11.9 Å². The van der Waals surface area contributed by atoms with E-state index in [0.29, 0.717) is 13.0 Å². The molecule has 0 aliphatic carbocycles. The van der Waals surface area contributed by atoms with Gasteiger partial charge in [-0.15, -0.1) is 0 Å². The van der Waals surface area contributed by atoms with Gasteiger partial charge in [0.2, 0.25) is 0 Å². The molecule has 1 atom stereocenters. The van der Waals surface area contributed by atoms with Crippen LogP contribution in [-0.2, 0) is 14.3 Å². The normalized spacial score (nSPS) is 12.0. The molecule has 0 spiro atoms. The number of esters is 1. The van der Waals surface area contributed by atoms with Crippen molar-refractivity contribution in [1.82, 2.24) is 0 Å². The highest BCUT2D eigenvalue weighted by molar-refractivity contribution is 5.70. The maximum atomic E-state index is 11.9. The minimum atomic E-state index is -0.561. The first-order valence-electron chi connectivity index (χ1n) is 35.2. The lowest BCUT2D eigenvalue weighted by Crippen LogP contribution is -2.13. The number of hydrogen-bond donors (Lipinski definition) is 1. The van der Waals surface area contributed by atoms with E-state index in [9.17, 15) is 14.7 Å². The first-order chi connectivity index (χ1) is 37.5. The molecular formula is C72H140O4. The first-order valence-corrected chi connectivity index (χ1v) is 35.2. The van der Waals surface area contributed by atoms with Crippen molar-refractivity contribution in [3.05, 3.63) is 24.3 Å². The monoisotopic (exact) mass is 1070 g/mol. The molecule has 0 radical (unpaired) electrons. The van der Waals surface area contributed by atoms with Crippen molar-refractivity contribution in [1.29, 1.82) is 0 Å². The Bertz CT molecular complexity index is 1130. The standard InChI is InChI=1S/2C36H70O2/c1-3-5-7-9-11-13-15-17-18-19-20-21-22-23-24-26-28-30-32-34-36(37)38-35-33-31-29-27-25-16-14-12-10-8-6-4-2;1-3-5-7-9-11-13-15-17-18-19-20-21-22-24-26-28-30-32-34-35(36(37)38)33-31-29-27-25-23-16-14-12-10-8-6-4-2/h17-18H,3-16,19-35H2,1-2H3;17-18,35H,3-16,19-34H2,1-2H3,(H,37,38)/b2*18-17-. The number of carboxylic acids is 1. The van der Waals surface area contributed by atoms with E-state index in [2.05, 4.69) is 52.0 Å². The first kappa shape index (κ1) is 76.5. The van der Waals surface area contributed by atoms with Crippen LogP contribution in [0, 0.1) is 5.92 Å². The summed E-state index contributed by atoms with van der Waals surface area (Å²) in [7, 11) is 0. The van der Waals surface area contributed by atoms with Crippen molar-refractivity contribution in [2.24, 2.45) is 5.92 Å². The molecule has 452 valence electrons. The Hall–Kier alpha value is -1.58. The van der Waals surface area contributed by atoms with Crippen LogP contribution in [-0.4, -0.2) is 23.7 Å². The van der Waals surface area contributed by atoms with Crippen LogP contribution in [0.2, 0.25) is 0 Å². The van der Waals surface area contributed by atoms with Crippen LogP contribution in [0.1, 0.15) is 413 Å². The molecule has 0 fully saturated rings. The predicted octanol–water partition coefficient (Wildman–Crippen LogP) is 25.8. The molecule has 0 heterocycles. The summed E-state index contributed by atoms with van der Waals surface area (Å²) in [6.07, 6.45) is 88.0. The molecule has 0 bridgehead atoms. The van der Waals surface area contributed by atoms with Gasteiger partial charge in [-0.3, -0.25) is 9.59 Å². The number of ether oxygens (including phenoxy) is 1. The topological polar surface area (TPSA) is 63.6 Å². The summed E-state index contributed by atoms with van der Waals surface area (Å²) in [6, 6.07) is 0. The molecule has 0 aliphatic rings. The summed E-state index contributed by atoms with van der Waals surface area (Å²) in [5.41, 5.74) is 0. The Balaban J connectivity index is 0. The molecule has 1 unspecified atom stereocenters. The summed E-state index contributed by atoms with van der Waals surface area (Å²) in [5, 5.41) is 9.59. The molecule has 0 saturated heterocycles. The van der Waals surface area contributed by atoms with Gasteiger partial charge in [0.15, 0.2) is 0 Å². The SMILES string of the molecule is CCCCCCCC/C=C\CCCCCCCCCCC(CCCCCCCCCCCCCC)C(=O)O.CCCCCCCC/C=C\CCCCCCCCCCCC(=O)OCCCCCCCCCCCCCC. The van der Waals surface area contributed by atoms with E-state index in [1.54, 1.807) is 0 Å². The average Bonchev–Trinajstić information content (AvgIpc) is 3.42. The van der Waals surface area contributed by atoms with Gasteiger partial charge in [-0.1, -0.05) is 354 Å². The fraction of sp³-hybridized carbons (Fsp3) is 0.917. The molecule has 0 aliphatic heterocycles. The van der Waals surface area contributed by atoms with Gasteiger partial charge < -0.3 is 9.84 Å². The third-order valence-corrected chi connectivity index (χ3v) is 16.2. The molecule has 0 rings (SSSR count). The summed E-state index contributed by atoms with van der Waals surface area (Å²) < 4.78 is 5.43. The zero-order valence-electron chi connectivity index (χ0n) is 52.7. The maximum absolute atomic E-state index is 11.9. The number of rotatable bonds is 64. The summed E-state index contributed by atoms with van der Waals surface area (Å²) in [5.74, 6) is -0.643. The Labute approximate surface area is 479 Å². The minimum Gasteiger partial charge on any atom is -0.481 e. The van der Waals surface area contributed by atoms with Crippen molar-refractivity contribution < 1.29 is 19.4 Å². The van der Waals surface area contributed by atoms with Gasteiger partial charge in [-0.25, -0.2) is 0 Å². The largest absolute Gasteiger partial charge is 0.481 e. The fourth-order valence-corrected chi connectivity index (χ4v) is 10.9. The second kappa shape index (κ2) is 71.4. The van der Waals surface area contributed by atoms with Gasteiger partial charge in [0.25, 0.3) is 0 Å². The average molecular weight is 1070 g/mol. The highest BCUT2D eigenvalue weighted by atomic mass is 16.5. The highest BCUT2D eigenvalue weighted by Gasteiger charge is 2.16. The second-order valence-electron chi connectivity index (χ2n) is 24.0. The number of unbranched alkanes of at least 4 members (excludes halogenated alkanes) is 51. The zero-order chi connectivity index (χ0) is 55.4. The van der Waals surface area contributed by atoms with Crippen LogP contribution in [0.15, 0.2) is 24.3 Å². The van der Waals surface area contributed by atoms with E-state index in [4.69, 9.17) is 4.74 Å². The van der Waals surface area contributed by atoms with E-state index in [0.717, 1.165) is 38.5 Å². The number of allylic oxidation sites excluding steroid dienone is 4. The van der Waals surface area contributed by atoms with Crippen molar-refractivity contribution in [2.45, 2.75) is 413 Å². The molecule has 4 nitrogen and oxygen atoms in total. The van der Waals surface area contributed by atoms with Crippen LogP contribution in [0.5, 0.6) is 0 Å². The fourth-order valence-electron chi connectivity index (χ4n) is 10.9. The Morgan fingerprint density at radius 3 is 0.750 bits per heavy atom. The van der Waals surface area contributed by atoms with E-state index in [-0.39, 0.29) is 11.9 Å². The minimum absolute atomic E-state index is 0.0223. The lowest BCUT2D eigenvalue weighted by Gasteiger charge is -2.12. The quantitative estimate of drug-likeness (QED) is 0.0375. The maximum Gasteiger partial charge on any atom is 0.306 e. The van der Waals surface area contributed by atoms with Crippen molar-refractivity contribution in [3.8, 4) is 0 Å². The molecule has 4 heteroatoms. The molecule has 0 aromatic heterocycles. The predicted molar refractivity (Wildman–Crippen MR) is 340 cm³/mol. The molecule has 0 saturated carbocycles. The van der Waals surface area contributed by atoms with Crippen LogP contribution >= 0.6 is 0 Å². The lowest BCUT2D eigenvalue weighted by atomic mass is 9.94. The van der Waals surface area contributed by atoms with Crippen LogP contribution in [0.3, 0.4) is 0 Å².